The van der Waals surface area contributed by atoms with E-state index in [0.29, 0.717) is 12.3 Å². The first-order valence-electron chi connectivity index (χ1n) is 3.97. The molecule has 0 saturated heterocycles. The Morgan fingerprint density at radius 2 is 2.23 bits per heavy atom. The van der Waals surface area contributed by atoms with Crippen molar-refractivity contribution in [2.45, 2.75) is 0 Å². The van der Waals surface area contributed by atoms with Gasteiger partial charge < -0.3 is 10.5 Å². The van der Waals surface area contributed by atoms with Crippen LogP contribution in [0, 0.1) is 5.82 Å². The van der Waals surface area contributed by atoms with Gasteiger partial charge in [-0.15, -0.1) is 0 Å². The van der Waals surface area contributed by atoms with Crippen LogP contribution in [0.25, 0.3) is 6.08 Å². The number of ether oxygens (including phenoxy) is 1. The van der Waals surface area contributed by atoms with E-state index in [0.717, 1.165) is 5.56 Å². The second-order valence-corrected chi connectivity index (χ2v) is 2.56. The summed E-state index contributed by atoms with van der Waals surface area (Å²) in [6.45, 7) is 0.443. The lowest BCUT2D eigenvalue weighted by atomic mass is 10.2. The van der Waals surface area contributed by atoms with Gasteiger partial charge in [-0.05, 0) is 17.7 Å². The van der Waals surface area contributed by atoms with Gasteiger partial charge >= 0.3 is 0 Å². The van der Waals surface area contributed by atoms with E-state index in [9.17, 15) is 4.39 Å². The summed E-state index contributed by atoms with van der Waals surface area (Å²) in [6, 6.07) is 4.50. The molecule has 0 spiro atoms. The van der Waals surface area contributed by atoms with Gasteiger partial charge in [-0.1, -0.05) is 12.2 Å². The van der Waals surface area contributed by atoms with Gasteiger partial charge in [-0.25, -0.2) is 4.39 Å². The lowest BCUT2D eigenvalue weighted by Gasteiger charge is -2.01. The third-order valence-corrected chi connectivity index (χ3v) is 1.58. The van der Waals surface area contributed by atoms with Crippen LogP contribution in [0.1, 0.15) is 5.56 Å². The normalized spacial score (nSPS) is 10.7. The second kappa shape index (κ2) is 4.62. The summed E-state index contributed by atoms with van der Waals surface area (Å²) in [7, 11) is 1.51. The minimum absolute atomic E-state index is 0.309. The van der Waals surface area contributed by atoms with Crippen molar-refractivity contribution in [1.29, 1.82) is 0 Å². The van der Waals surface area contributed by atoms with Crippen LogP contribution in [-0.4, -0.2) is 13.7 Å². The monoisotopic (exact) mass is 181 g/mol. The smallest absolute Gasteiger partial charge is 0.127 e. The summed E-state index contributed by atoms with van der Waals surface area (Å²) in [5, 5.41) is 0. The number of hydrogen-bond donors (Lipinski definition) is 1. The van der Waals surface area contributed by atoms with Crippen molar-refractivity contribution in [3.63, 3.8) is 0 Å². The molecule has 0 unspecified atom stereocenters. The molecule has 0 saturated carbocycles. The maximum Gasteiger partial charge on any atom is 0.127 e. The topological polar surface area (TPSA) is 35.2 Å². The summed E-state index contributed by atoms with van der Waals surface area (Å²) in [4.78, 5) is 0. The summed E-state index contributed by atoms with van der Waals surface area (Å²) in [5.41, 5.74) is 6.03. The first-order chi connectivity index (χ1) is 6.26. The predicted octanol–water partition coefficient (Wildman–Crippen LogP) is 1.81. The Morgan fingerprint density at radius 1 is 1.46 bits per heavy atom. The highest BCUT2D eigenvalue weighted by Crippen LogP contribution is 2.16. The fourth-order valence-electron chi connectivity index (χ4n) is 1.00. The zero-order valence-corrected chi connectivity index (χ0v) is 7.46. The molecule has 0 aliphatic heterocycles. The van der Waals surface area contributed by atoms with E-state index in [-0.39, 0.29) is 5.82 Å². The standard InChI is InChI=1S/C10H12FNO/c1-13-10-6-8(3-2-4-12)5-9(11)7-10/h2-3,5-7H,4,12H2,1H3/b3-2+. The zero-order valence-electron chi connectivity index (χ0n) is 7.46. The molecule has 0 heterocycles. The molecule has 0 radical (unpaired) electrons. The molecule has 0 aromatic heterocycles. The third kappa shape index (κ3) is 2.87. The Hall–Kier alpha value is -1.35. The minimum atomic E-state index is -0.309. The molecule has 1 rings (SSSR count). The summed E-state index contributed by atoms with van der Waals surface area (Å²) < 4.78 is 17.8. The molecule has 0 bridgehead atoms. The molecule has 1 aromatic rings. The highest BCUT2D eigenvalue weighted by molar-refractivity contribution is 5.52. The van der Waals surface area contributed by atoms with Crippen molar-refractivity contribution in [2.24, 2.45) is 5.73 Å². The highest BCUT2D eigenvalue weighted by Gasteiger charge is 1.97. The lowest BCUT2D eigenvalue weighted by molar-refractivity contribution is 0.411. The molecular weight excluding hydrogens is 169 g/mol. The number of hydrogen-bond acceptors (Lipinski definition) is 2. The van der Waals surface area contributed by atoms with Crippen LogP contribution in [0.3, 0.4) is 0 Å². The first-order valence-corrected chi connectivity index (χ1v) is 3.97. The molecule has 0 aliphatic carbocycles. The van der Waals surface area contributed by atoms with Gasteiger partial charge in [0.1, 0.15) is 11.6 Å². The Bertz CT molecular complexity index is 310. The van der Waals surface area contributed by atoms with Crippen LogP contribution in [-0.2, 0) is 0 Å². The van der Waals surface area contributed by atoms with Gasteiger partial charge in [0.2, 0.25) is 0 Å². The van der Waals surface area contributed by atoms with Gasteiger partial charge in [-0.2, -0.15) is 0 Å². The average molecular weight is 181 g/mol. The van der Waals surface area contributed by atoms with E-state index in [1.807, 2.05) is 0 Å². The number of benzene rings is 1. The third-order valence-electron chi connectivity index (χ3n) is 1.58. The summed E-state index contributed by atoms with van der Waals surface area (Å²) in [6.07, 6.45) is 3.51. The van der Waals surface area contributed by atoms with Gasteiger partial charge in [-0.3, -0.25) is 0 Å². The van der Waals surface area contributed by atoms with Crippen LogP contribution >= 0.6 is 0 Å². The van der Waals surface area contributed by atoms with Crippen molar-refractivity contribution in [3.05, 3.63) is 35.7 Å². The minimum Gasteiger partial charge on any atom is -0.497 e. The van der Waals surface area contributed by atoms with Crippen LogP contribution < -0.4 is 10.5 Å². The number of halogens is 1. The van der Waals surface area contributed by atoms with Crippen molar-refractivity contribution in [3.8, 4) is 5.75 Å². The van der Waals surface area contributed by atoms with E-state index in [4.69, 9.17) is 10.5 Å². The SMILES string of the molecule is COc1cc(F)cc(/C=C/CN)c1. The summed E-state index contributed by atoms with van der Waals surface area (Å²) >= 11 is 0. The quantitative estimate of drug-likeness (QED) is 0.771. The molecule has 0 amide bonds. The Balaban J connectivity index is 2.94. The van der Waals surface area contributed by atoms with Crippen molar-refractivity contribution < 1.29 is 9.13 Å². The second-order valence-electron chi connectivity index (χ2n) is 2.56. The van der Waals surface area contributed by atoms with Gasteiger partial charge in [0.15, 0.2) is 0 Å². The molecule has 3 heteroatoms. The Morgan fingerprint density at radius 3 is 2.85 bits per heavy atom. The molecule has 70 valence electrons. The van der Waals surface area contributed by atoms with Crippen LogP contribution in [0.5, 0.6) is 5.75 Å². The van der Waals surface area contributed by atoms with Gasteiger partial charge in [0.05, 0.1) is 7.11 Å². The molecule has 0 aliphatic rings. The fourth-order valence-corrected chi connectivity index (χ4v) is 1.00. The highest BCUT2D eigenvalue weighted by atomic mass is 19.1. The van der Waals surface area contributed by atoms with E-state index < -0.39 is 0 Å². The average Bonchev–Trinajstić information content (AvgIpc) is 2.14. The number of rotatable bonds is 3. The van der Waals surface area contributed by atoms with Gasteiger partial charge in [0, 0.05) is 12.6 Å². The number of methoxy groups -OCH3 is 1. The van der Waals surface area contributed by atoms with Crippen molar-refractivity contribution in [2.75, 3.05) is 13.7 Å². The molecule has 2 nitrogen and oxygen atoms in total. The molecule has 0 fully saturated rings. The molecule has 13 heavy (non-hydrogen) atoms. The first kappa shape index (κ1) is 9.74. The maximum absolute atomic E-state index is 12.9. The Kier molecular flexibility index (Phi) is 3.46. The predicted molar refractivity (Wildman–Crippen MR) is 51.0 cm³/mol. The largest absolute Gasteiger partial charge is 0.497 e. The van der Waals surface area contributed by atoms with Crippen LogP contribution in [0.4, 0.5) is 4.39 Å². The fraction of sp³-hybridized carbons (Fsp3) is 0.200. The van der Waals surface area contributed by atoms with Crippen molar-refractivity contribution in [1.82, 2.24) is 0 Å². The number of nitrogens with two attached hydrogens (primary N) is 1. The molecule has 1 aromatic carbocycles. The van der Waals surface area contributed by atoms with E-state index in [2.05, 4.69) is 0 Å². The summed E-state index contributed by atoms with van der Waals surface area (Å²) in [5.74, 6) is 0.202. The lowest BCUT2D eigenvalue weighted by Crippen LogP contribution is -1.92. The van der Waals surface area contributed by atoms with E-state index >= 15 is 0 Å². The van der Waals surface area contributed by atoms with E-state index in [1.54, 1.807) is 18.2 Å². The van der Waals surface area contributed by atoms with Crippen LogP contribution in [0.2, 0.25) is 0 Å². The molecule has 0 atom stereocenters. The van der Waals surface area contributed by atoms with E-state index in [1.165, 1.54) is 19.2 Å². The Labute approximate surface area is 76.8 Å². The van der Waals surface area contributed by atoms with Crippen LogP contribution in [0.15, 0.2) is 24.3 Å². The maximum atomic E-state index is 12.9. The van der Waals surface area contributed by atoms with Gasteiger partial charge in [0.25, 0.3) is 0 Å². The zero-order chi connectivity index (χ0) is 9.68. The molecular formula is C10H12FNO. The van der Waals surface area contributed by atoms with Crippen molar-refractivity contribution >= 4 is 6.08 Å². The molecule has 2 N–H and O–H groups in total.